The van der Waals surface area contributed by atoms with Crippen molar-refractivity contribution >= 4 is 37.5 Å². The van der Waals surface area contributed by atoms with E-state index < -0.39 is 0 Å². The highest BCUT2D eigenvalue weighted by Crippen LogP contribution is 2.34. The van der Waals surface area contributed by atoms with Gasteiger partial charge in [-0.15, -0.1) is 0 Å². The number of benzene rings is 3. The number of aliphatic hydroxyl groups excluding tert-OH is 1. The van der Waals surface area contributed by atoms with Crippen molar-refractivity contribution in [2.24, 2.45) is 0 Å². The molecule has 2 N–H and O–H groups in total. The van der Waals surface area contributed by atoms with Gasteiger partial charge >= 0.3 is 0 Å². The van der Waals surface area contributed by atoms with E-state index in [0.29, 0.717) is 0 Å². The number of hydrogen-bond acceptors (Lipinski definition) is 2. The van der Waals surface area contributed by atoms with Gasteiger partial charge in [-0.05, 0) is 104 Å². The maximum absolute atomic E-state index is 7.00. The summed E-state index contributed by atoms with van der Waals surface area (Å²) in [6.07, 6.45) is 0. The third kappa shape index (κ3) is 7.61. The van der Waals surface area contributed by atoms with Crippen molar-refractivity contribution in [1.82, 2.24) is 0 Å². The zero-order chi connectivity index (χ0) is 22.0. The number of rotatable bonds is 3. The molecule has 0 atom stereocenters. The first-order valence-corrected chi connectivity index (χ1v) is 11.2. The molecule has 0 aliphatic carbocycles. The quantitative estimate of drug-likeness (QED) is 0.368. The number of aryl methyl sites for hydroxylation is 2. The van der Waals surface area contributed by atoms with Gasteiger partial charge in [0.2, 0.25) is 0 Å². The van der Waals surface area contributed by atoms with E-state index in [1.165, 1.54) is 39.1 Å². The molecule has 156 valence electrons. The molecular formula is C25H31Br2NO. The lowest BCUT2D eigenvalue weighted by atomic mass is 9.92. The van der Waals surface area contributed by atoms with Crippen molar-refractivity contribution in [3.63, 3.8) is 0 Å². The minimum atomic E-state index is 0.990. The van der Waals surface area contributed by atoms with E-state index in [9.17, 15) is 0 Å². The molecule has 29 heavy (non-hydrogen) atoms. The minimum absolute atomic E-state index is 0.990. The molecule has 0 fully saturated rings. The van der Waals surface area contributed by atoms with Gasteiger partial charge in [-0.3, -0.25) is 0 Å². The van der Waals surface area contributed by atoms with Crippen LogP contribution in [0.25, 0.3) is 11.1 Å². The van der Waals surface area contributed by atoms with Crippen LogP contribution in [0.2, 0.25) is 0 Å². The van der Waals surface area contributed by atoms with Crippen molar-refractivity contribution in [3.05, 3.63) is 85.8 Å². The average molecular weight is 521 g/mol. The van der Waals surface area contributed by atoms with E-state index in [-0.39, 0.29) is 0 Å². The van der Waals surface area contributed by atoms with Crippen LogP contribution >= 0.6 is 31.9 Å². The number of hydrogen-bond donors (Lipinski definition) is 2. The Balaban J connectivity index is 0.000000321. The van der Waals surface area contributed by atoms with Crippen LogP contribution in [0.5, 0.6) is 0 Å². The third-order valence-electron chi connectivity index (χ3n) is 4.71. The van der Waals surface area contributed by atoms with Gasteiger partial charge in [0, 0.05) is 28.3 Å². The molecule has 0 amide bonds. The van der Waals surface area contributed by atoms with Crippen molar-refractivity contribution < 1.29 is 5.11 Å². The van der Waals surface area contributed by atoms with Crippen molar-refractivity contribution in [2.75, 3.05) is 19.0 Å². The fourth-order valence-corrected chi connectivity index (χ4v) is 4.09. The topological polar surface area (TPSA) is 32.3 Å². The summed E-state index contributed by atoms with van der Waals surface area (Å²) in [5.74, 6) is 0. The molecule has 2 nitrogen and oxygen atoms in total. The third-order valence-corrected chi connectivity index (χ3v) is 5.62. The fraction of sp³-hybridized carbons (Fsp3) is 0.280. The maximum atomic E-state index is 7.00. The average Bonchev–Trinajstić information content (AvgIpc) is 2.71. The van der Waals surface area contributed by atoms with Gasteiger partial charge < -0.3 is 10.4 Å². The molecular weight excluding hydrogens is 490 g/mol. The van der Waals surface area contributed by atoms with Gasteiger partial charge in [0.1, 0.15) is 0 Å². The van der Waals surface area contributed by atoms with Gasteiger partial charge in [0.25, 0.3) is 0 Å². The van der Waals surface area contributed by atoms with E-state index in [1.54, 1.807) is 0 Å². The lowest BCUT2D eigenvalue weighted by Gasteiger charge is -2.15. The molecule has 0 saturated carbocycles. The first-order valence-electron chi connectivity index (χ1n) is 9.61. The number of aliphatic hydroxyl groups is 1. The highest BCUT2D eigenvalue weighted by molar-refractivity contribution is 9.10. The molecule has 4 heteroatoms. The number of nitrogens with one attached hydrogen (secondary N) is 1. The Morgan fingerprint density at radius 1 is 0.724 bits per heavy atom. The summed E-state index contributed by atoms with van der Waals surface area (Å²) in [6, 6.07) is 18.9. The van der Waals surface area contributed by atoms with E-state index in [0.717, 1.165) is 22.6 Å². The molecule has 0 unspecified atom stereocenters. The molecule has 3 rings (SSSR count). The first-order chi connectivity index (χ1) is 13.8. The molecule has 0 bridgehead atoms. The molecule has 0 heterocycles. The van der Waals surface area contributed by atoms with E-state index in [4.69, 9.17) is 5.11 Å². The number of halogens is 2. The molecule has 0 spiro atoms. The van der Waals surface area contributed by atoms with Crippen molar-refractivity contribution in [2.45, 2.75) is 34.6 Å². The highest BCUT2D eigenvalue weighted by atomic mass is 79.9. The van der Waals surface area contributed by atoms with Crippen LogP contribution in [-0.4, -0.2) is 18.8 Å². The first kappa shape index (κ1) is 25.4. The van der Waals surface area contributed by atoms with Crippen LogP contribution in [0.3, 0.4) is 0 Å². The van der Waals surface area contributed by atoms with Crippen LogP contribution in [0.15, 0.2) is 63.5 Å². The largest absolute Gasteiger partial charge is 0.400 e. The van der Waals surface area contributed by atoms with Crippen molar-refractivity contribution in [3.8, 4) is 11.1 Å². The van der Waals surface area contributed by atoms with Gasteiger partial charge in [-0.25, -0.2) is 0 Å². The van der Waals surface area contributed by atoms with Crippen molar-refractivity contribution in [1.29, 1.82) is 0 Å². The molecule has 3 aromatic rings. The Hall–Kier alpha value is -1.62. The molecule has 0 saturated heterocycles. The predicted molar refractivity (Wildman–Crippen MR) is 135 cm³/mol. The molecule has 0 aromatic heterocycles. The van der Waals surface area contributed by atoms with Crippen LogP contribution in [0.1, 0.15) is 29.2 Å². The van der Waals surface area contributed by atoms with Crippen LogP contribution < -0.4 is 5.32 Å². The Kier molecular flexibility index (Phi) is 11.3. The molecule has 0 radical (unpaired) electrons. The van der Waals surface area contributed by atoms with Crippen LogP contribution in [0, 0.1) is 27.7 Å². The standard InChI is InChI=1S/C16H16Br2.C8H11N.CH4O/c1-9-5-13(17)7-15(11(9)3)16-8-14(18)6-10(2)12(16)4;1-2-9-8-6-4-3-5-7-8;1-2/h5-8H,1-4H3;3-7,9H,2H2,1H3;2H,1H3. The minimum Gasteiger partial charge on any atom is -0.400 e. The Morgan fingerprint density at radius 3 is 1.52 bits per heavy atom. The van der Waals surface area contributed by atoms with Crippen LogP contribution in [-0.2, 0) is 0 Å². The monoisotopic (exact) mass is 519 g/mol. The zero-order valence-electron chi connectivity index (χ0n) is 18.1. The van der Waals surface area contributed by atoms with Gasteiger partial charge in [0.15, 0.2) is 0 Å². The summed E-state index contributed by atoms with van der Waals surface area (Å²) in [4.78, 5) is 0. The summed E-state index contributed by atoms with van der Waals surface area (Å²) in [5.41, 5.74) is 9.14. The van der Waals surface area contributed by atoms with E-state index in [1.807, 2.05) is 18.2 Å². The molecule has 3 aromatic carbocycles. The van der Waals surface area contributed by atoms with Gasteiger partial charge in [-0.1, -0.05) is 50.1 Å². The summed E-state index contributed by atoms with van der Waals surface area (Å²) in [6.45, 7) is 11.8. The second-order valence-electron chi connectivity index (χ2n) is 6.69. The number of para-hydroxylation sites is 1. The summed E-state index contributed by atoms with van der Waals surface area (Å²) in [5, 5.41) is 10.2. The summed E-state index contributed by atoms with van der Waals surface area (Å²) in [7, 11) is 1.00. The smallest absolute Gasteiger partial charge is 0.0340 e. The fourth-order valence-electron chi connectivity index (χ4n) is 2.95. The lowest BCUT2D eigenvalue weighted by molar-refractivity contribution is 0.399. The Bertz CT molecular complexity index is 853. The number of anilines is 1. The summed E-state index contributed by atoms with van der Waals surface area (Å²) >= 11 is 7.19. The zero-order valence-corrected chi connectivity index (χ0v) is 21.3. The van der Waals surface area contributed by atoms with Gasteiger partial charge in [0.05, 0.1) is 0 Å². The molecule has 0 aliphatic rings. The second-order valence-corrected chi connectivity index (χ2v) is 8.52. The summed E-state index contributed by atoms with van der Waals surface area (Å²) < 4.78 is 2.27. The Labute approximate surface area is 192 Å². The van der Waals surface area contributed by atoms with E-state index >= 15 is 0 Å². The van der Waals surface area contributed by atoms with Gasteiger partial charge in [-0.2, -0.15) is 0 Å². The lowest BCUT2D eigenvalue weighted by Crippen LogP contribution is -1.94. The molecule has 0 aliphatic heterocycles. The van der Waals surface area contributed by atoms with Crippen LogP contribution in [0.4, 0.5) is 5.69 Å². The highest BCUT2D eigenvalue weighted by Gasteiger charge is 2.10. The second kappa shape index (κ2) is 12.8. The maximum Gasteiger partial charge on any atom is 0.0340 e. The predicted octanol–water partition coefficient (Wildman–Crippen LogP) is 7.84. The normalized spacial score (nSPS) is 9.69. The Morgan fingerprint density at radius 2 is 1.14 bits per heavy atom. The van der Waals surface area contributed by atoms with E-state index in [2.05, 4.69) is 108 Å². The SMILES string of the molecule is CCNc1ccccc1.CO.Cc1cc(Br)cc(-c2cc(Br)cc(C)c2C)c1C.